The highest BCUT2D eigenvalue weighted by molar-refractivity contribution is 9.10. The third-order valence-electron chi connectivity index (χ3n) is 2.82. The maximum Gasteiger partial charge on any atom is 0.162 e. The van der Waals surface area contributed by atoms with Crippen LogP contribution in [-0.4, -0.2) is 19.7 Å². The van der Waals surface area contributed by atoms with E-state index in [1.54, 1.807) is 22.8 Å². The van der Waals surface area contributed by atoms with E-state index in [4.69, 9.17) is 0 Å². The maximum absolute atomic E-state index is 4.35. The van der Waals surface area contributed by atoms with Crippen LogP contribution in [0.3, 0.4) is 0 Å². The van der Waals surface area contributed by atoms with Crippen molar-refractivity contribution in [2.45, 2.75) is 10.8 Å². The largest absolute Gasteiger partial charge is 0.250 e. The van der Waals surface area contributed by atoms with Gasteiger partial charge in [0, 0.05) is 17.3 Å². The van der Waals surface area contributed by atoms with E-state index in [-0.39, 0.29) is 0 Å². The molecule has 4 nitrogen and oxygen atoms in total. The lowest BCUT2D eigenvalue weighted by Gasteiger charge is -2.04. The summed E-state index contributed by atoms with van der Waals surface area (Å²) in [6, 6.07) is 8.22. The summed E-state index contributed by atoms with van der Waals surface area (Å²) >= 11 is 5.26. The molecule has 0 spiro atoms. The molecular formula is C13H11BrN4S. The number of benzene rings is 1. The van der Waals surface area contributed by atoms with E-state index in [9.17, 15) is 0 Å². The molecule has 0 saturated heterocycles. The molecule has 0 aliphatic heterocycles. The molecule has 19 heavy (non-hydrogen) atoms. The Labute approximate surface area is 123 Å². The number of halogens is 1. The molecule has 96 valence electrons. The molecule has 0 aliphatic rings. The third kappa shape index (κ3) is 2.50. The third-order valence-corrected chi connectivity index (χ3v) is 4.64. The minimum absolute atomic E-state index is 0.864. The van der Waals surface area contributed by atoms with Crippen molar-refractivity contribution in [3.05, 3.63) is 46.8 Å². The van der Waals surface area contributed by atoms with Crippen molar-refractivity contribution < 1.29 is 0 Å². The van der Waals surface area contributed by atoms with E-state index >= 15 is 0 Å². The number of nitrogens with zero attached hydrogens (tertiary/aromatic N) is 4. The summed E-state index contributed by atoms with van der Waals surface area (Å²) < 4.78 is 2.89. The van der Waals surface area contributed by atoms with Gasteiger partial charge in [-0.2, -0.15) is 5.10 Å². The zero-order valence-electron chi connectivity index (χ0n) is 10.2. The number of hydrogen-bond acceptors (Lipinski definition) is 4. The van der Waals surface area contributed by atoms with Crippen molar-refractivity contribution in [3.8, 4) is 0 Å². The Balaban J connectivity index is 1.88. The lowest BCUT2D eigenvalue weighted by atomic mass is 10.2. The molecule has 6 heteroatoms. The van der Waals surface area contributed by atoms with Gasteiger partial charge >= 0.3 is 0 Å². The van der Waals surface area contributed by atoms with Gasteiger partial charge in [0.1, 0.15) is 11.4 Å². The van der Waals surface area contributed by atoms with Gasteiger partial charge in [-0.25, -0.2) is 9.97 Å². The standard InChI is InChI=1S/C13H11BrN4S/c1-18-12-10(6-17-18)13(16-8-15-12)19-7-9-4-2-3-5-11(9)14/h2-6,8H,7H2,1H3. The Morgan fingerprint density at radius 2 is 2.11 bits per heavy atom. The lowest BCUT2D eigenvalue weighted by Crippen LogP contribution is -1.93. The molecule has 3 rings (SSSR count). The number of rotatable bonds is 3. The SMILES string of the molecule is Cn1ncc2c(SCc3ccccc3Br)ncnc21. The molecule has 0 aliphatic carbocycles. The molecule has 3 aromatic rings. The molecule has 2 heterocycles. The average Bonchev–Trinajstić information content (AvgIpc) is 2.81. The Kier molecular flexibility index (Phi) is 3.52. The predicted molar refractivity (Wildman–Crippen MR) is 80.0 cm³/mol. The topological polar surface area (TPSA) is 43.6 Å². The van der Waals surface area contributed by atoms with E-state index in [2.05, 4.69) is 43.1 Å². The van der Waals surface area contributed by atoms with Crippen LogP contribution in [0.1, 0.15) is 5.56 Å². The summed E-state index contributed by atoms with van der Waals surface area (Å²) in [6.45, 7) is 0. The van der Waals surface area contributed by atoms with Gasteiger partial charge in [0.25, 0.3) is 0 Å². The van der Waals surface area contributed by atoms with E-state index in [1.165, 1.54) is 5.56 Å². The first-order valence-electron chi connectivity index (χ1n) is 5.74. The van der Waals surface area contributed by atoms with E-state index < -0.39 is 0 Å². The van der Waals surface area contributed by atoms with Gasteiger partial charge in [-0.05, 0) is 11.6 Å². The quantitative estimate of drug-likeness (QED) is 0.543. The van der Waals surface area contributed by atoms with Gasteiger partial charge in [0.15, 0.2) is 5.65 Å². The van der Waals surface area contributed by atoms with E-state index in [0.717, 1.165) is 26.3 Å². The van der Waals surface area contributed by atoms with Gasteiger partial charge in [0.2, 0.25) is 0 Å². The smallest absolute Gasteiger partial charge is 0.162 e. The number of hydrogen-bond donors (Lipinski definition) is 0. The molecular weight excluding hydrogens is 324 g/mol. The van der Waals surface area contributed by atoms with Gasteiger partial charge in [-0.3, -0.25) is 4.68 Å². The summed E-state index contributed by atoms with van der Waals surface area (Å²) in [5, 5.41) is 6.19. The molecule has 0 bridgehead atoms. The van der Waals surface area contributed by atoms with Crippen molar-refractivity contribution in [2.75, 3.05) is 0 Å². The second kappa shape index (κ2) is 5.30. The van der Waals surface area contributed by atoms with Crippen LogP contribution in [0.2, 0.25) is 0 Å². The van der Waals surface area contributed by atoms with Gasteiger partial charge in [-0.15, -0.1) is 11.8 Å². The number of aromatic nitrogens is 4. The molecule has 0 unspecified atom stereocenters. The van der Waals surface area contributed by atoms with Crippen molar-refractivity contribution >= 4 is 38.7 Å². The van der Waals surface area contributed by atoms with Crippen LogP contribution in [0.4, 0.5) is 0 Å². The second-order valence-corrected chi connectivity index (χ2v) is 5.88. The number of fused-ring (bicyclic) bond motifs is 1. The molecule has 0 N–H and O–H groups in total. The van der Waals surface area contributed by atoms with Crippen LogP contribution in [-0.2, 0) is 12.8 Å². The monoisotopic (exact) mass is 334 g/mol. The van der Waals surface area contributed by atoms with Crippen molar-refractivity contribution in [3.63, 3.8) is 0 Å². The minimum Gasteiger partial charge on any atom is -0.250 e. The highest BCUT2D eigenvalue weighted by Gasteiger charge is 2.09. The van der Waals surface area contributed by atoms with Crippen LogP contribution in [0.15, 0.2) is 46.3 Å². The van der Waals surface area contributed by atoms with Gasteiger partial charge in [-0.1, -0.05) is 34.1 Å². The Bertz CT molecular complexity index is 725. The molecule has 0 atom stereocenters. The molecule has 0 fully saturated rings. The summed E-state index contributed by atoms with van der Waals surface area (Å²) in [6.07, 6.45) is 3.41. The fourth-order valence-electron chi connectivity index (χ4n) is 1.82. The predicted octanol–water partition coefficient (Wildman–Crippen LogP) is 3.42. The first-order valence-corrected chi connectivity index (χ1v) is 7.52. The van der Waals surface area contributed by atoms with E-state index in [1.807, 2.05) is 25.4 Å². The first-order chi connectivity index (χ1) is 9.25. The zero-order chi connectivity index (χ0) is 13.2. The summed E-state index contributed by atoms with van der Waals surface area (Å²) in [7, 11) is 1.89. The average molecular weight is 335 g/mol. The maximum atomic E-state index is 4.35. The Morgan fingerprint density at radius 1 is 1.26 bits per heavy atom. The molecule has 2 aromatic heterocycles. The molecule has 1 aromatic carbocycles. The number of thioether (sulfide) groups is 1. The van der Waals surface area contributed by atoms with Crippen LogP contribution in [0.5, 0.6) is 0 Å². The normalized spacial score (nSPS) is 11.1. The fourth-order valence-corrected chi connectivity index (χ4v) is 3.39. The molecule has 0 radical (unpaired) electrons. The summed E-state index contributed by atoms with van der Waals surface area (Å²) in [4.78, 5) is 8.59. The van der Waals surface area contributed by atoms with Crippen molar-refractivity contribution in [2.24, 2.45) is 7.05 Å². The highest BCUT2D eigenvalue weighted by Crippen LogP contribution is 2.29. The summed E-state index contributed by atoms with van der Waals surface area (Å²) in [5.41, 5.74) is 2.12. The van der Waals surface area contributed by atoms with Crippen molar-refractivity contribution in [1.82, 2.24) is 19.7 Å². The molecule has 0 saturated carbocycles. The van der Waals surface area contributed by atoms with Crippen LogP contribution in [0.25, 0.3) is 11.0 Å². The Hall–Kier alpha value is -1.40. The van der Waals surface area contributed by atoms with Crippen molar-refractivity contribution in [1.29, 1.82) is 0 Å². The van der Waals surface area contributed by atoms with Gasteiger partial charge < -0.3 is 0 Å². The Morgan fingerprint density at radius 3 is 2.95 bits per heavy atom. The first kappa shape index (κ1) is 12.6. The van der Waals surface area contributed by atoms with Crippen LogP contribution < -0.4 is 0 Å². The summed E-state index contributed by atoms with van der Waals surface area (Å²) in [5.74, 6) is 0.864. The van der Waals surface area contributed by atoms with Gasteiger partial charge in [0.05, 0.1) is 11.6 Å². The minimum atomic E-state index is 0.864. The highest BCUT2D eigenvalue weighted by atomic mass is 79.9. The van der Waals surface area contributed by atoms with Crippen LogP contribution >= 0.6 is 27.7 Å². The lowest BCUT2D eigenvalue weighted by molar-refractivity contribution is 0.784. The fraction of sp³-hybridized carbons (Fsp3) is 0.154. The zero-order valence-corrected chi connectivity index (χ0v) is 12.6. The van der Waals surface area contributed by atoms with E-state index in [0.29, 0.717) is 0 Å². The van der Waals surface area contributed by atoms with Crippen LogP contribution in [0, 0.1) is 0 Å². The number of aryl methyl sites for hydroxylation is 1. The molecule has 0 amide bonds. The second-order valence-electron chi connectivity index (χ2n) is 4.06.